The molecule has 64 heavy (non-hydrogen) atoms. The first-order valence-corrected chi connectivity index (χ1v) is 22.3. The van der Waals surface area contributed by atoms with Gasteiger partial charge in [0.1, 0.15) is 0 Å². The summed E-state index contributed by atoms with van der Waals surface area (Å²) < 4.78 is 0. The fraction of sp³-hybridized carbons (Fsp3) is 0.0476. The first-order chi connectivity index (χ1) is 31.6. The molecule has 0 bridgehead atoms. The van der Waals surface area contributed by atoms with E-state index in [1.807, 2.05) is 0 Å². The number of para-hydroxylation sites is 1. The standard InChI is InChI=1S/C63H45N/c1-42-19-9-10-24-49(42)58-40-47(35-33-43(58)2)64(62-32-18-16-25-50(62)44-34-37-55-53-28-12-11-26-51(53)52-27-13-14-29-54(52)59(55)39-44)48-36-38-57-56-30-15-17-31-60(56)63(61(57)41-48,45-20-5-3-6-21-45)46-22-7-4-8-23-46/h3-41H,1-2H3. The lowest BCUT2D eigenvalue weighted by Crippen LogP contribution is -2.28. The molecular formula is C63H45N. The summed E-state index contributed by atoms with van der Waals surface area (Å²) in [5.74, 6) is 0. The molecule has 1 heteroatoms. The third kappa shape index (κ3) is 5.78. The Bertz CT molecular complexity index is 3510. The van der Waals surface area contributed by atoms with Crippen LogP contribution >= 0.6 is 0 Å². The van der Waals surface area contributed by atoms with Gasteiger partial charge in [0.05, 0.1) is 11.1 Å². The van der Waals surface area contributed by atoms with Gasteiger partial charge in [-0.15, -0.1) is 0 Å². The highest BCUT2D eigenvalue weighted by Gasteiger charge is 2.46. The molecule has 1 nitrogen and oxygen atoms in total. The van der Waals surface area contributed by atoms with Crippen LogP contribution in [0.5, 0.6) is 0 Å². The summed E-state index contributed by atoms with van der Waals surface area (Å²) in [5.41, 5.74) is 17.8. The van der Waals surface area contributed by atoms with Crippen LogP contribution < -0.4 is 4.90 Å². The quantitative estimate of drug-likeness (QED) is 0.145. The van der Waals surface area contributed by atoms with E-state index in [-0.39, 0.29) is 0 Å². The zero-order valence-electron chi connectivity index (χ0n) is 36.0. The largest absolute Gasteiger partial charge is 0.310 e. The molecule has 0 saturated carbocycles. The van der Waals surface area contributed by atoms with Gasteiger partial charge in [-0.05, 0) is 144 Å². The van der Waals surface area contributed by atoms with Crippen molar-refractivity contribution in [2.24, 2.45) is 0 Å². The lowest BCUT2D eigenvalue weighted by molar-refractivity contribution is 0.768. The van der Waals surface area contributed by atoms with Crippen LogP contribution in [-0.4, -0.2) is 0 Å². The Labute approximate surface area is 375 Å². The van der Waals surface area contributed by atoms with E-state index in [9.17, 15) is 0 Å². The first kappa shape index (κ1) is 37.7. The highest BCUT2D eigenvalue weighted by atomic mass is 15.1. The van der Waals surface area contributed by atoms with Gasteiger partial charge in [0.25, 0.3) is 0 Å². The molecule has 0 N–H and O–H groups in total. The number of fused-ring (bicyclic) bond motifs is 9. The Balaban J connectivity index is 1.14. The van der Waals surface area contributed by atoms with E-state index in [0.29, 0.717) is 0 Å². The maximum absolute atomic E-state index is 2.50. The molecule has 0 spiro atoms. The summed E-state index contributed by atoms with van der Waals surface area (Å²) in [6.07, 6.45) is 0. The summed E-state index contributed by atoms with van der Waals surface area (Å²) >= 11 is 0. The van der Waals surface area contributed by atoms with E-state index in [4.69, 9.17) is 0 Å². The molecule has 302 valence electrons. The molecule has 0 amide bonds. The van der Waals surface area contributed by atoms with Crippen molar-refractivity contribution in [1.82, 2.24) is 0 Å². The summed E-state index contributed by atoms with van der Waals surface area (Å²) in [4.78, 5) is 2.50. The van der Waals surface area contributed by atoms with Gasteiger partial charge in [-0.2, -0.15) is 0 Å². The van der Waals surface area contributed by atoms with Crippen LogP contribution in [0.2, 0.25) is 0 Å². The SMILES string of the molecule is Cc1ccccc1-c1cc(N(c2ccc3c(c2)C(c2ccccc2)(c2ccccc2)c2ccccc2-3)c2ccccc2-c2ccc3c4ccccc4c4ccccc4c3c2)ccc1C. The van der Waals surface area contributed by atoms with Crippen LogP contribution in [0.1, 0.15) is 33.4 Å². The first-order valence-electron chi connectivity index (χ1n) is 22.3. The number of benzene rings is 11. The molecule has 0 aromatic heterocycles. The van der Waals surface area contributed by atoms with Gasteiger partial charge in [-0.25, -0.2) is 0 Å². The van der Waals surface area contributed by atoms with Crippen molar-refractivity contribution < 1.29 is 0 Å². The zero-order valence-corrected chi connectivity index (χ0v) is 36.0. The fourth-order valence-corrected chi connectivity index (χ4v) is 10.9. The molecule has 0 atom stereocenters. The minimum Gasteiger partial charge on any atom is -0.310 e. The smallest absolute Gasteiger partial charge is 0.0714 e. The van der Waals surface area contributed by atoms with Gasteiger partial charge in [0.15, 0.2) is 0 Å². The number of hydrogen-bond acceptors (Lipinski definition) is 1. The van der Waals surface area contributed by atoms with Gasteiger partial charge < -0.3 is 4.90 Å². The van der Waals surface area contributed by atoms with E-state index in [0.717, 1.165) is 17.1 Å². The van der Waals surface area contributed by atoms with Crippen molar-refractivity contribution in [3.63, 3.8) is 0 Å². The predicted molar refractivity (Wildman–Crippen MR) is 271 cm³/mol. The number of aryl methyl sites for hydroxylation is 2. The Hall–Kier alpha value is -8.00. The number of anilines is 3. The molecule has 1 aliphatic rings. The summed E-state index contributed by atoms with van der Waals surface area (Å²) in [6.45, 7) is 4.44. The van der Waals surface area contributed by atoms with Crippen molar-refractivity contribution in [3.8, 4) is 33.4 Å². The van der Waals surface area contributed by atoms with E-state index < -0.39 is 5.41 Å². The highest BCUT2D eigenvalue weighted by Crippen LogP contribution is 2.57. The normalized spacial score (nSPS) is 12.7. The molecule has 11 aromatic carbocycles. The molecule has 1 aliphatic carbocycles. The van der Waals surface area contributed by atoms with Gasteiger partial charge in [0, 0.05) is 16.9 Å². The Morgan fingerprint density at radius 3 is 1.45 bits per heavy atom. The van der Waals surface area contributed by atoms with Crippen LogP contribution in [0, 0.1) is 13.8 Å². The highest BCUT2D eigenvalue weighted by molar-refractivity contribution is 6.25. The third-order valence-electron chi connectivity index (χ3n) is 13.8. The monoisotopic (exact) mass is 815 g/mol. The third-order valence-corrected chi connectivity index (χ3v) is 13.8. The molecule has 0 unspecified atom stereocenters. The van der Waals surface area contributed by atoms with Crippen molar-refractivity contribution in [1.29, 1.82) is 0 Å². The predicted octanol–water partition coefficient (Wildman–Crippen LogP) is 16.9. The van der Waals surface area contributed by atoms with Gasteiger partial charge in [-0.1, -0.05) is 200 Å². The fourth-order valence-electron chi connectivity index (χ4n) is 10.9. The summed E-state index contributed by atoms with van der Waals surface area (Å²) in [7, 11) is 0. The second-order valence-corrected chi connectivity index (χ2v) is 17.3. The minimum atomic E-state index is -0.530. The molecule has 12 rings (SSSR count). The van der Waals surface area contributed by atoms with E-state index in [1.54, 1.807) is 0 Å². The van der Waals surface area contributed by atoms with Crippen molar-refractivity contribution in [3.05, 3.63) is 270 Å². The van der Waals surface area contributed by atoms with E-state index >= 15 is 0 Å². The van der Waals surface area contributed by atoms with Gasteiger partial charge in [0.2, 0.25) is 0 Å². The second-order valence-electron chi connectivity index (χ2n) is 17.3. The summed E-state index contributed by atoms with van der Waals surface area (Å²) in [6, 6.07) is 87.9. The van der Waals surface area contributed by atoms with E-state index in [1.165, 1.54) is 99.1 Å². The molecular weight excluding hydrogens is 771 g/mol. The van der Waals surface area contributed by atoms with Crippen molar-refractivity contribution >= 4 is 49.4 Å². The van der Waals surface area contributed by atoms with E-state index in [2.05, 4.69) is 255 Å². The number of rotatable bonds is 7. The lowest BCUT2D eigenvalue weighted by atomic mass is 9.67. The molecule has 0 aliphatic heterocycles. The molecule has 0 fully saturated rings. The van der Waals surface area contributed by atoms with Crippen LogP contribution in [-0.2, 0) is 5.41 Å². The molecule has 0 heterocycles. The maximum atomic E-state index is 2.50. The second kappa shape index (κ2) is 15.1. The lowest BCUT2D eigenvalue weighted by Gasteiger charge is -2.35. The number of hydrogen-bond donors (Lipinski definition) is 0. The molecule has 0 saturated heterocycles. The van der Waals surface area contributed by atoms with Crippen LogP contribution in [0.4, 0.5) is 17.1 Å². The van der Waals surface area contributed by atoms with Crippen LogP contribution in [0.15, 0.2) is 237 Å². The zero-order chi connectivity index (χ0) is 42.8. The Kier molecular flexibility index (Phi) is 8.91. The minimum absolute atomic E-state index is 0.530. The van der Waals surface area contributed by atoms with Crippen LogP contribution in [0.25, 0.3) is 65.7 Å². The van der Waals surface area contributed by atoms with Crippen molar-refractivity contribution in [2.75, 3.05) is 4.90 Å². The Morgan fingerprint density at radius 2 is 0.781 bits per heavy atom. The van der Waals surface area contributed by atoms with Gasteiger partial charge in [-0.3, -0.25) is 0 Å². The maximum Gasteiger partial charge on any atom is 0.0714 e. The van der Waals surface area contributed by atoms with Crippen molar-refractivity contribution in [2.45, 2.75) is 19.3 Å². The van der Waals surface area contributed by atoms with Crippen LogP contribution in [0.3, 0.4) is 0 Å². The molecule has 11 aromatic rings. The van der Waals surface area contributed by atoms with Gasteiger partial charge >= 0.3 is 0 Å². The average Bonchev–Trinajstić information content (AvgIpc) is 3.66. The Morgan fingerprint density at radius 1 is 0.297 bits per heavy atom. The average molecular weight is 816 g/mol. The number of nitrogens with zero attached hydrogens (tertiary/aromatic N) is 1. The molecule has 0 radical (unpaired) electrons. The topological polar surface area (TPSA) is 3.24 Å². The summed E-state index contributed by atoms with van der Waals surface area (Å²) in [5, 5.41) is 7.64.